The molecule has 0 saturated carbocycles. The molecule has 1 aromatic carbocycles. The first kappa shape index (κ1) is 20.0. The third-order valence-electron chi connectivity index (χ3n) is 3.40. The molecular weight excluding hydrogens is 369 g/mol. The van der Waals surface area contributed by atoms with Crippen LogP contribution in [-0.4, -0.2) is 31.9 Å². The minimum atomic E-state index is -4.79. The van der Waals surface area contributed by atoms with Crippen LogP contribution in [0.2, 0.25) is 0 Å². The van der Waals surface area contributed by atoms with Gasteiger partial charge in [-0.3, -0.25) is 9.71 Å². The number of aryl methyl sites for hydroxylation is 1. The molecule has 5 nitrogen and oxygen atoms in total. The van der Waals surface area contributed by atoms with Crippen molar-refractivity contribution in [3.05, 3.63) is 53.9 Å². The largest absolute Gasteiger partial charge is 0.493 e. The smallest absolute Gasteiger partial charge is 0.404 e. The molecule has 1 heterocycles. The molecular formula is C17H19F3N2O3S. The van der Waals surface area contributed by atoms with Gasteiger partial charge in [0.1, 0.15) is 5.75 Å². The first-order chi connectivity index (χ1) is 12.2. The van der Waals surface area contributed by atoms with Gasteiger partial charge in [-0.25, -0.2) is 8.42 Å². The van der Waals surface area contributed by atoms with Gasteiger partial charge in [0.05, 0.1) is 6.61 Å². The Balaban J connectivity index is 1.85. The molecule has 1 aromatic heterocycles. The lowest BCUT2D eigenvalue weighted by atomic mass is 10.2. The maximum absolute atomic E-state index is 12.2. The maximum atomic E-state index is 12.2. The van der Waals surface area contributed by atoms with Gasteiger partial charge < -0.3 is 4.74 Å². The number of sulfonamides is 1. The fraction of sp³-hybridized carbons (Fsp3) is 0.353. The van der Waals surface area contributed by atoms with Crippen LogP contribution in [0.5, 0.6) is 5.75 Å². The molecule has 0 atom stereocenters. The van der Waals surface area contributed by atoms with Crippen LogP contribution in [0.15, 0.2) is 42.6 Å². The summed E-state index contributed by atoms with van der Waals surface area (Å²) in [5, 5.41) is 0. The number of nitrogens with one attached hydrogen (secondary N) is 1. The second-order valence-corrected chi connectivity index (χ2v) is 7.33. The second-order valence-electron chi connectivity index (χ2n) is 5.61. The maximum Gasteiger partial charge on any atom is 0.404 e. The Bertz CT molecular complexity index is 805. The highest BCUT2D eigenvalue weighted by Gasteiger charge is 2.35. The van der Waals surface area contributed by atoms with E-state index in [2.05, 4.69) is 4.98 Å². The molecule has 2 rings (SSSR count). The third kappa shape index (κ3) is 6.91. The number of rotatable bonds is 8. The van der Waals surface area contributed by atoms with Gasteiger partial charge in [0.15, 0.2) is 5.75 Å². The number of nitrogens with zero attached hydrogens (tertiary/aromatic N) is 1. The average molecular weight is 388 g/mol. The first-order valence-corrected chi connectivity index (χ1v) is 9.56. The Morgan fingerprint density at radius 3 is 2.35 bits per heavy atom. The Morgan fingerprint density at radius 1 is 1.12 bits per heavy atom. The quantitative estimate of drug-likeness (QED) is 0.751. The molecule has 0 spiro atoms. The summed E-state index contributed by atoms with van der Waals surface area (Å²) in [7, 11) is -4.49. The Hall–Kier alpha value is -2.29. The molecule has 0 aliphatic carbocycles. The first-order valence-electron chi connectivity index (χ1n) is 7.91. The standard InChI is InChI=1S/C17H19F3N2O3S/c1-2-13-3-4-14(21-11-13)9-10-25-16-7-5-15(6-8-16)22-26(23,24)12-17(18,19)20/h3-8,11,22H,2,9-10,12H2,1H3. The van der Waals surface area contributed by atoms with Crippen molar-refractivity contribution in [3.8, 4) is 5.75 Å². The molecule has 0 fully saturated rings. The van der Waals surface area contributed by atoms with Gasteiger partial charge in [0.2, 0.25) is 10.0 Å². The minimum Gasteiger partial charge on any atom is -0.493 e. The molecule has 26 heavy (non-hydrogen) atoms. The summed E-state index contributed by atoms with van der Waals surface area (Å²) in [5.74, 6) is -1.45. The zero-order valence-corrected chi connectivity index (χ0v) is 14.9. The van der Waals surface area contributed by atoms with Crippen LogP contribution in [0, 0.1) is 0 Å². The molecule has 0 bridgehead atoms. The summed E-state index contributed by atoms with van der Waals surface area (Å²) >= 11 is 0. The van der Waals surface area contributed by atoms with E-state index in [9.17, 15) is 21.6 Å². The Kier molecular flexibility index (Phi) is 6.47. The average Bonchev–Trinajstić information content (AvgIpc) is 2.54. The summed E-state index contributed by atoms with van der Waals surface area (Å²) in [4.78, 5) is 4.32. The van der Waals surface area contributed by atoms with Gasteiger partial charge >= 0.3 is 6.18 Å². The van der Waals surface area contributed by atoms with Crippen molar-refractivity contribution in [3.63, 3.8) is 0 Å². The van der Waals surface area contributed by atoms with Crippen molar-refractivity contribution in [2.75, 3.05) is 17.1 Å². The van der Waals surface area contributed by atoms with E-state index in [-0.39, 0.29) is 5.69 Å². The SMILES string of the molecule is CCc1ccc(CCOc2ccc(NS(=O)(=O)CC(F)(F)F)cc2)nc1. The molecule has 1 N–H and O–H groups in total. The zero-order valence-electron chi connectivity index (χ0n) is 14.1. The van der Waals surface area contributed by atoms with Gasteiger partial charge in [-0.1, -0.05) is 13.0 Å². The predicted octanol–water partition coefficient (Wildman–Crippen LogP) is 3.57. The Morgan fingerprint density at radius 2 is 1.81 bits per heavy atom. The predicted molar refractivity (Wildman–Crippen MR) is 92.7 cm³/mol. The van der Waals surface area contributed by atoms with E-state index in [1.165, 1.54) is 24.3 Å². The van der Waals surface area contributed by atoms with Gasteiger partial charge in [-0.2, -0.15) is 13.2 Å². The summed E-state index contributed by atoms with van der Waals surface area (Å²) in [6, 6.07) is 9.60. The van der Waals surface area contributed by atoms with Crippen molar-refractivity contribution >= 4 is 15.7 Å². The van der Waals surface area contributed by atoms with E-state index in [0.717, 1.165) is 17.7 Å². The van der Waals surface area contributed by atoms with E-state index >= 15 is 0 Å². The fourth-order valence-electron chi connectivity index (χ4n) is 2.14. The highest BCUT2D eigenvalue weighted by molar-refractivity contribution is 7.92. The molecule has 0 radical (unpaired) electrons. The minimum absolute atomic E-state index is 0.0402. The summed E-state index contributed by atoms with van der Waals surface area (Å²) in [6.07, 6.45) is -1.46. The highest BCUT2D eigenvalue weighted by atomic mass is 32.2. The van der Waals surface area contributed by atoms with Crippen LogP contribution in [0.25, 0.3) is 0 Å². The number of anilines is 1. The van der Waals surface area contributed by atoms with Crippen LogP contribution in [0.1, 0.15) is 18.2 Å². The van der Waals surface area contributed by atoms with E-state index in [1.54, 1.807) is 0 Å². The van der Waals surface area contributed by atoms with Crippen LogP contribution in [-0.2, 0) is 22.9 Å². The zero-order chi connectivity index (χ0) is 19.2. The molecule has 0 aliphatic heterocycles. The molecule has 2 aromatic rings. The van der Waals surface area contributed by atoms with Crippen molar-refractivity contribution in [1.29, 1.82) is 0 Å². The normalized spacial score (nSPS) is 12.0. The van der Waals surface area contributed by atoms with Crippen molar-refractivity contribution in [2.24, 2.45) is 0 Å². The molecule has 9 heteroatoms. The lowest BCUT2D eigenvalue weighted by Gasteiger charge is -2.11. The van der Waals surface area contributed by atoms with Gasteiger partial charge in [-0.15, -0.1) is 0 Å². The van der Waals surface area contributed by atoms with Gasteiger partial charge in [-0.05, 0) is 42.3 Å². The monoisotopic (exact) mass is 388 g/mol. The topological polar surface area (TPSA) is 68.3 Å². The third-order valence-corrected chi connectivity index (χ3v) is 4.66. The number of ether oxygens (including phenoxy) is 1. The van der Waals surface area contributed by atoms with E-state index < -0.39 is 22.0 Å². The number of alkyl halides is 3. The van der Waals surface area contributed by atoms with Crippen LogP contribution < -0.4 is 9.46 Å². The lowest BCUT2D eigenvalue weighted by molar-refractivity contribution is -0.106. The van der Waals surface area contributed by atoms with Crippen molar-refractivity contribution in [2.45, 2.75) is 25.9 Å². The van der Waals surface area contributed by atoms with Crippen LogP contribution >= 0.6 is 0 Å². The van der Waals surface area contributed by atoms with Gasteiger partial charge in [0, 0.05) is 24.0 Å². The summed E-state index contributed by atoms with van der Waals surface area (Å²) in [6.45, 7) is 2.42. The van der Waals surface area contributed by atoms with E-state index in [4.69, 9.17) is 4.74 Å². The Labute approximate surface area is 150 Å². The molecule has 0 saturated heterocycles. The number of hydrogen-bond acceptors (Lipinski definition) is 4. The number of pyridine rings is 1. The van der Waals surface area contributed by atoms with Crippen LogP contribution in [0.3, 0.4) is 0 Å². The fourth-order valence-corrected chi connectivity index (χ4v) is 3.13. The number of hydrogen-bond donors (Lipinski definition) is 1. The molecule has 0 amide bonds. The van der Waals surface area contributed by atoms with Gasteiger partial charge in [0.25, 0.3) is 0 Å². The second kappa shape index (κ2) is 8.39. The summed E-state index contributed by atoms with van der Waals surface area (Å²) < 4.78 is 66.8. The van der Waals surface area contributed by atoms with E-state index in [0.29, 0.717) is 18.8 Å². The lowest BCUT2D eigenvalue weighted by Crippen LogP contribution is -2.27. The number of benzene rings is 1. The summed E-state index contributed by atoms with van der Waals surface area (Å²) in [5.41, 5.74) is 2.08. The van der Waals surface area contributed by atoms with E-state index in [1.807, 2.05) is 30.0 Å². The molecule has 0 unspecified atom stereocenters. The van der Waals surface area contributed by atoms with Crippen LogP contribution in [0.4, 0.5) is 18.9 Å². The van der Waals surface area contributed by atoms with Crippen molar-refractivity contribution < 1.29 is 26.3 Å². The number of halogens is 3. The molecule has 0 aliphatic rings. The molecule has 142 valence electrons. The highest BCUT2D eigenvalue weighted by Crippen LogP contribution is 2.21. The number of aromatic nitrogens is 1. The van der Waals surface area contributed by atoms with Crippen molar-refractivity contribution in [1.82, 2.24) is 4.98 Å².